The van der Waals surface area contributed by atoms with E-state index in [-0.39, 0.29) is 24.0 Å². The fourth-order valence-corrected chi connectivity index (χ4v) is 2.43. The molecular formula is C5H13IN2OS4. The van der Waals surface area contributed by atoms with Gasteiger partial charge in [0.1, 0.15) is 0 Å². The Labute approximate surface area is 114 Å². The number of amidine groups is 1. The zero-order chi connectivity index (χ0) is 9.40. The van der Waals surface area contributed by atoms with Crippen LogP contribution in [0.15, 0.2) is 0 Å². The third kappa shape index (κ3) is 7.34. The molecule has 0 aromatic rings. The van der Waals surface area contributed by atoms with Crippen molar-refractivity contribution in [3.05, 3.63) is 0 Å². The standard InChI is InChI=1S/C5H12N2OS4.HI/c1-9-6-5(8-12-4)7(10-2)11-3;/h1-4H3;1H. The van der Waals surface area contributed by atoms with Gasteiger partial charge in [-0.2, -0.15) is 4.72 Å². The Kier molecular flexibility index (Phi) is 14.8. The van der Waals surface area contributed by atoms with Crippen molar-refractivity contribution in [1.82, 2.24) is 4.72 Å². The molecule has 0 bridgehead atoms. The third-order valence-corrected chi connectivity index (χ3v) is 3.44. The van der Waals surface area contributed by atoms with Crippen molar-refractivity contribution in [1.29, 1.82) is 0 Å². The summed E-state index contributed by atoms with van der Waals surface area (Å²) in [6.45, 7) is 0. The molecule has 0 aliphatic carbocycles. The lowest BCUT2D eigenvalue weighted by molar-refractivity contribution is -0.142. The molecule has 0 atom stereocenters. The van der Waals surface area contributed by atoms with E-state index < -0.39 is 0 Å². The van der Waals surface area contributed by atoms with Gasteiger partial charge in [0, 0.05) is 25.0 Å². The highest BCUT2D eigenvalue weighted by Gasteiger charge is 2.14. The van der Waals surface area contributed by atoms with Crippen LogP contribution in [-0.2, 0) is 4.18 Å². The van der Waals surface area contributed by atoms with Crippen LogP contribution in [0.4, 0.5) is 0 Å². The Bertz CT molecular complexity index is 143. The second-order valence-corrected chi connectivity index (χ2v) is 4.29. The summed E-state index contributed by atoms with van der Waals surface area (Å²) in [6.07, 6.45) is 7.85. The quantitative estimate of drug-likeness (QED) is 0.171. The Hall–Kier alpha value is 1.40. The maximum absolute atomic E-state index is 5.31. The van der Waals surface area contributed by atoms with Crippen LogP contribution in [-0.4, -0.2) is 34.4 Å². The molecule has 0 aromatic heterocycles. The number of nitrogens with zero attached hydrogens (tertiary/aromatic N) is 1. The molecule has 0 aliphatic heterocycles. The first kappa shape index (κ1) is 16.8. The smallest absolute Gasteiger partial charge is 0.492 e. The zero-order valence-corrected chi connectivity index (χ0v) is 13.3. The van der Waals surface area contributed by atoms with E-state index in [1.807, 2.05) is 28.4 Å². The molecule has 0 aromatic carbocycles. The Morgan fingerprint density at radius 3 is 2.00 bits per heavy atom. The molecular weight excluding hydrogens is 359 g/mol. The summed E-state index contributed by atoms with van der Waals surface area (Å²) in [5.74, 6) is 0. The maximum Gasteiger partial charge on any atom is 0.492 e. The molecule has 0 heterocycles. The predicted molar refractivity (Wildman–Crippen MR) is 63.5 cm³/mol. The van der Waals surface area contributed by atoms with Gasteiger partial charge >= 0.3 is 6.02 Å². The number of hydrogen-bond acceptors (Lipinski definition) is 5. The van der Waals surface area contributed by atoms with Crippen LogP contribution in [0.25, 0.3) is 0 Å². The van der Waals surface area contributed by atoms with Gasteiger partial charge in [0.25, 0.3) is 0 Å². The van der Waals surface area contributed by atoms with Crippen LogP contribution in [0.1, 0.15) is 0 Å². The summed E-state index contributed by atoms with van der Waals surface area (Å²) in [7, 11) is 0. The minimum absolute atomic E-state index is 0. The minimum Gasteiger partial charge on any atom is -1.00 e. The molecule has 0 aliphatic rings. The van der Waals surface area contributed by atoms with Crippen LogP contribution < -0.4 is 28.7 Å². The molecule has 0 unspecified atom stereocenters. The molecule has 80 valence electrons. The van der Waals surface area contributed by atoms with Gasteiger partial charge in [-0.1, -0.05) is 3.39 Å². The van der Waals surface area contributed by atoms with Crippen LogP contribution >= 0.6 is 47.9 Å². The SMILES string of the molecule is CSNC(OSC)=[N+](SC)SC.[I-]. The van der Waals surface area contributed by atoms with Gasteiger partial charge in [0.15, 0.2) is 0 Å². The van der Waals surface area contributed by atoms with Gasteiger partial charge in [-0.3, -0.25) is 0 Å². The molecule has 0 radical (unpaired) electrons. The molecule has 1 N–H and O–H groups in total. The number of nitrogens with one attached hydrogen (secondary N) is 1. The van der Waals surface area contributed by atoms with E-state index >= 15 is 0 Å². The second kappa shape index (κ2) is 11.5. The monoisotopic (exact) mass is 372 g/mol. The number of hydrogen-bond donors (Lipinski definition) is 1. The number of halogens is 1. The van der Waals surface area contributed by atoms with Crippen LogP contribution in [0, 0.1) is 0 Å². The molecule has 8 heteroatoms. The molecule has 0 fully saturated rings. The van der Waals surface area contributed by atoms with E-state index in [1.165, 1.54) is 24.0 Å². The molecule has 0 saturated carbocycles. The normalized spacial score (nSPS) is 8.62. The van der Waals surface area contributed by atoms with Crippen LogP contribution in [0.3, 0.4) is 0 Å². The van der Waals surface area contributed by atoms with Gasteiger partial charge in [0.05, 0.1) is 47.9 Å². The lowest BCUT2D eigenvalue weighted by Crippen LogP contribution is -3.00. The van der Waals surface area contributed by atoms with E-state index in [1.54, 1.807) is 23.9 Å². The highest BCUT2D eigenvalue weighted by molar-refractivity contribution is 8.05. The van der Waals surface area contributed by atoms with Crippen molar-refractivity contribution in [3.63, 3.8) is 0 Å². The second-order valence-electron chi connectivity index (χ2n) is 1.48. The van der Waals surface area contributed by atoms with Crippen LogP contribution in [0.2, 0.25) is 0 Å². The Balaban J connectivity index is 0. The van der Waals surface area contributed by atoms with Crippen molar-refractivity contribution in [2.24, 2.45) is 0 Å². The molecule has 3 nitrogen and oxygen atoms in total. The Morgan fingerprint density at radius 2 is 1.69 bits per heavy atom. The molecule has 0 rings (SSSR count). The maximum atomic E-state index is 5.31. The van der Waals surface area contributed by atoms with Gasteiger partial charge < -0.3 is 28.2 Å². The first-order valence-corrected chi connectivity index (χ1v) is 7.78. The summed E-state index contributed by atoms with van der Waals surface area (Å²) in [4.78, 5) is 0. The zero-order valence-electron chi connectivity index (χ0n) is 7.87. The fraction of sp³-hybridized carbons (Fsp3) is 0.800. The van der Waals surface area contributed by atoms with Crippen LogP contribution in [0.5, 0.6) is 0 Å². The van der Waals surface area contributed by atoms with Gasteiger partial charge in [-0.05, 0) is 0 Å². The van der Waals surface area contributed by atoms with Crippen molar-refractivity contribution >= 4 is 53.9 Å². The van der Waals surface area contributed by atoms with E-state index in [0.29, 0.717) is 0 Å². The third-order valence-electron chi connectivity index (χ3n) is 0.849. The topological polar surface area (TPSA) is 24.3 Å². The lowest BCUT2D eigenvalue weighted by atomic mass is 11.2. The van der Waals surface area contributed by atoms with Crippen molar-refractivity contribution < 1.29 is 31.5 Å². The molecule has 13 heavy (non-hydrogen) atoms. The van der Waals surface area contributed by atoms with Gasteiger partial charge in [-0.15, -0.1) is 0 Å². The first-order chi connectivity index (χ1) is 5.79. The summed E-state index contributed by atoms with van der Waals surface area (Å²) >= 11 is 6.05. The summed E-state index contributed by atoms with van der Waals surface area (Å²) in [5, 5.41) is 0. The molecule has 0 saturated heterocycles. The fourth-order valence-electron chi connectivity index (χ4n) is 0.491. The van der Waals surface area contributed by atoms with Gasteiger partial charge in [-0.25, -0.2) is 0 Å². The first-order valence-electron chi connectivity index (χ1n) is 3.05. The summed E-state index contributed by atoms with van der Waals surface area (Å²) in [6, 6.07) is 0.759. The van der Waals surface area contributed by atoms with E-state index in [9.17, 15) is 0 Å². The van der Waals surface area contributed by atoms with E-state index in [2.05, 4.69) is 4.72 Å². The van der Waals surface area contributed by atoms with Gasteiger partial charge in [0.2, 0.25) is 0 Å². The Morgan fingerprint density at radius 1 is 1.15 bits per heavy atom. The highest BCUT2D eigenvalue weighted by atomic mass is 127. The molecule has 0 spiro atoms. The van der Waals surface area contributed by atoms with E-state index in [4.69, 9.17) is 4.18 Å². The lowest BCUT2D eigenvalue weighted by Gasteiger charge is -2.02. The summed E-state index contributed by atoms with van der Waals surface area (Å²) < 4.78 is 10.3. The van der Waals surface area contributed by atoms with Crippen molar-refractivity contribution in [2.75, 3.05) is 25.0 Å². The predicted octanol–water partition coefficient (Wildman–Crippen LogP) is -0.923. The average Bonchev–Trinajstić information content (AvgIpc) is 2.07. The van der Waals surface area contributed by atoms with Crippen molar-refractivity contribution in [2.45, 2.75) is 0 Å². The largest absolute Gasteiger partial charge is 1.00 e. The average molecular weight is 372 g/mol. The van der Waals surface area contributed by atoms with E-state index in [0.717, 1.165) is 6.02 Å². The van der Waals surface area contributed by atoms with Crippen molar-refractivity contribution in [3.8, 4) is 0 Å². The highest BCUT2D eigenvalue weighted by Crippen LogP contribution is 2.11. The minimum atomic E-state index is 0. The molecule has 0 amide bonds. The number of rotatable bonds is 4. The summed E-state index contributed by atoms with van der Waals surface area (Å²) in [5.41, 5.74) is 0.